The number of fused-ring (bicyclic) bond motifs is 1. The number of nitrogens with one attached hydrogen (secondary N) is 1. The van der Waals surface area contributed by atoms with Crippen molar-refractivity contribution in [1.29, 1.82) is 0 Å². The molecule has 0 radical (unpaired) electrons. The lowest BCUT2D eigenvalue weighted by atomic mass is 10.1. The van der Waals surface area contributed by atoms with Gasteiger partial charge in [0.2, 0.25) is 0 Å². The monoisotopic (exact) mass is 283 g/mol. The number of benzene rings is 1. The van der Waals surface area contributed by atoms with E-state index in [0.29, 0.717) is 11.6 Å². The molecular formula is C17H21N3O. The van der Waals surface area contributed by atoms with Crippen LogP contribution in [0.1, 0.15) is 36.5 Å². The summed E-state index contributed by atoms with van der Waals surface area (Å²) in [6, 6.07) is 8.33. The van der Waals surface area contributed by atoms with Gasteiger partial charge in [0, 0.05) is 31.2 Å². The summed E-state index contributed by atoms with van der Waals surface area (Å²) in [6.45, 7) is 3.01. The number of anilines is 1. The van der Waals surface area contributed by atoms with Crippen LogP contribution in [0.25, 0.3) is 10.8 Å². The zero-order chi connectivity index (χ0) is 14.8. The van der Waals surface area contributed by atoms with Crippen LogP contribution in [0.4, 0.5) is 5.82 Å². The fourth-order valence-electron chi connectivity index (χ4n) is 3.24. The van der Waals surface area contributed by atoms with Crippen LogP contribution in [0.5, 0.6) is 0 Å². The first-order valence-electron chi connectivity index (χ1n) is 7.62. The van der Waals surface area contributed by atoms with E-state index in [1.54, 1.807) is 6.20 Å². The number of carbonyl (C=O) groups is 1. The van der Waals surface area contributed by atoms with Gasteiger partial charge in [-0.15, -0.1) is 0 Å². The van der Waals surface area contributed by atoms with E-state index >= 15 is 0 Å². The van der Waals surface area contributed by atoms with E-state index in [4.69, 9.17) is 0 Å². The van der Waals surface area contributed by atoms with Gasteiger partial charge in [0.05, 0.1) is 5.56 Å². The van der Waals surface area contributed by atoms with Crippen molar-refractivity contribution in [1.82, 2.24) is 9.88 Å². The maximum Gasteiger partial charge on any atom is 0.256 e. The Morgan fingerprint density at radius 1 is 1.38 bits per heavy atom. The Morgan fingerprint density at radius 2 is 2.14 bits per heavy atom. The average molecular weight is 283 g/mol. The first kappa shape index (κ1) is 13.9. The predicted octanol–water partition coefficient (Wildman–Crippen LogP) is 3.29. The Labute approximate surface area is 125 Å². The molecule has 0 spiro atoms. The number of amides is 1. The third kappa shape index (κ3) is 2.35. The minimum absolute atomic E-state index is 0.116. The Bertz CT molecular complexity index is 668. The molecule has 2 heterocycles. The smallest absolute Gasteiger partial charge is 0.256 e. The summed E-state index contributed by atoms with van der Waals surface area (Å²) in [7, 11) is 1.85. The largest absolute Gasteiger partial charge is 0.373 e. The molecule has 0 bridgehead atoms. The molecule has 0 saturated carbocycles. The van der Waals surface area contributed by atoms with E-state index in [9.17, 15) is 4.79 Å². The molecule has 1 aliphatic rings. The highest BCUT2D eigenvalue weighted by Crippen LogP contribution is 2.28. The summed E-state index contributed by atoms with van der Waals surface area (Å²) in [5.41, 5.74) is 0.713. The van der Waals surface area contributed by atoms with E-state index in [1.807, 2.05) is 36.2 Å². The van der Waals surface area contributed by atoms with Crippen molar-refractivity contribution in [3.8, 4) is 0 Å². The molecule has 1 atom stereocenters. The number of aromatic nitrogens is 1. The predicted molar refractivity (Wildman–Crippen MR) is 85.6 cm³/mol. The van der Waals surface area contributed by atoms with Crippen molar-refractivity contribution < 1.29 is 4.79 Å². The van der Waals surface area contributed by atoms with Crippen LogP contribution in [-0.2, 0) is 0 Å². The molecule has 1 fully saturated rings. The van der Waals surface area contributed by atoms with E-state index in [0.717, 1.165) is 42.4 Å². The van der Waals surface area contributed by atoms with Gasteiger partial charge in [-0.3, -0.25) is 4.79 Å². The highest BCUT2D eigenvalue weighted by atomic mass is 16.2. The van der Waals surface area contributed by atoms with Crippen LogP contribution in [0.3, 0.4) is 0 Å². The van der Waals surface area contributed by atoms with Gasteiger partial charge in [-0.2, -0.15) is 0 Å². The van der Waals surface area contributed by atoms with E-state index in [1.165, 1.54) is 0 Å². The number of rotatable bonds is 3. The molecule has 2 aromatic rings. The van der Waals surface area contributed by atoms with Crippen molar-refractivity contribution in [2.24, 2.45) is 0 Å². The first-order valence-corrected chi connectivity index (χ1v) is 7.62. The summed E-state index contributed by atoms with van der Waals surface area (Å²) in [4.78, 5) is 19.3. The summed E-state index contributed by atoms with van der Waals surface area (Å²) in [6.07, 6.45) is 4.94. The molecular weight excluding hydrogens is 262 g/mol. The first-order chi connectivity index (χ1) is 10.3. The molecule has 21 heavy (non-hydrogen) atoms. The number of pyridine rings is 1. The molecule has 1 amide bonds. The molecule has 1 N–H and O–H groups in total. The van der Waals surface area contributed by atoms with Gasteiger partial charge >= 0.3 is 0 Å². The molecule has 3 rings (SSSR count). The molecule has 0 aliphatic carbocycles. The zero-order valence-electron chi connectivity index (χ0n) is 12.6. The standard InChI is InChI=1S/C17H21N3O/c1-3-12-7-6-10-20(12)17(21)15-11-19-16(18-2)14-9-5-4-8-13(14)15/h4-5,8-9,11-12H,3,6-7,10H2,1-2H3,(H,18,19). The Kier molecular flexibility index (Phi) is 3.78. The third-order valence-corrected chi connectivity index (χ3v) is 4.37. The minimum atomic E-state index is 0.116. The van der Waals surface area contributed by atoms with E-state index in [-0.39, 0.29) is 5.91 Å². The van der Waals surface area contributed by atoms with Crippen molar-refractivity contribution in [2.75, 3.05) is 18.9 Å². The lowest BCUT2D eigenvalue weighted by Gasteiger charge is -2.24. The summed E-state index contributed by atoms with van der Waals surface area (Å²) < 4.78 is 0. The van der Waals surface area contributed by atoms with Gasteiger partial charge in [0.1, 0.15) is 5.82 Å². The lowest BCUT2D eigenvalue weighted by Crippen LogP contribution is -2.35. The molecule has 4 nitrogen and oxygen atoms in total. The van der Waals surface area contributed by atoms with Crippen LogP contribution >= 0.6 is 0 Å². The highest BCUT2D eigenvalue weighted by Gasteiger charge is 2.29. The van der Waals surface area contributed by atoms with Gasteiger partial charge in [0.15, 0.2) is 0 Å². The maximum atomic E-state index is 12.9. The van der Waals surface area contributed by atoms with Crippen LogP contribution in [0.2, 0.25) is 0 Å². The fraction of sp³-hybridized carbons (Fsp3) is 0.412. The van der Waals surface area contributed by atoms with Gasteiger partial charge in [0.25, 0.3) is 5.91 Å². The van der Waals surface area contributed by atoms with Crippen LogP contribution in [0, 0.1) is 0 Å². The van der Waals surface area contributed by atoms with Crippen LogP contribution in [-0.4, -0.2) is 35.4 Å². The quantitative estimate of drug-likeness (QED) is 0.940. The highest BCUT2D eigenvalue weighted by molar-refractivity contribution is 6.09. The van der Waals surface area contributed by atoms with Crippen molar-refractivity contribution in [2.45, 2.75) is 32.2 Å². The molecule has 1 aliphatic heterocycles. The molecule has 1 saturated heterocycles. The molecule has 1 aromatic carbocycles. The van der Waals surface area contributed by atoms with Crippen molar-refractivity contribution in [3.05, 3.63) is 36.0 Å². The molecule has 110 valence electrons. The normalized spacial score (nSPS) is 18.2. The zero-order valence-corrected chi connectivity index (χ0v) is 12.6. The van der Waals surface area contributed by atoms with E-state index in [2.05, 4.69) is 17.2 Å². The number of hydrogen-bond donors (Lipinski definition) is 1. The Balaban J connectivity index is 2.06. The molecule has 1 aromatic heterocycles. The summed E-state index contributed by atoms with van der Waals surface area (Å²) in [5.74, 6) is 0.932. The third-order valence-electron chi connectivity index (χ3n) is 4.37. The Morgan fingerprint density at radius 3 is 2.86 bits per heavy atom. The fourth-order valence-corrected chi connectivity index (χ4v) is 3.24. The van der Waals surface area contributed by atoms with E-state index < -0.39 is 0 Å². The number of carbonyl (C=O) groups excluding carboxylic acids is 1. The minimum Gasteiger partial charge on any atom is -0.373 e. The topological polar surface area (TPSA) is 45.2 Å². The van der Waals surface area contributed by atoms with Gasteiger partial charge in [-0.1, -0.05) is 31.2 Å². The summed E-state index contributed by atoms with van der Waals surface area (Å²) in [5, 5.41) is 5.06. The number of hydrogen-bond acceptors (Lipinski definition) is 3. The molecule has 1 unspecified atom stereocenters. The summed E-state index contributed by atoms with van der Waals surface area (Å²) >= 11 is 0. The lowest BCUT2D eigenvalue weighted by molar-refractivity contribution is 0.0735. The second-order valence-electron chi connectivity index (χ2n) is 5.52. The van der Waals surface area contributed by atoms with Gasteiger partial charge in [-0.05, 0) is 24.6 Å². The maximum absolute atomic E-state index is 12.9. The van der Waals surface area contributed by atoms with Crippen LogP contribution < -0.4 is 5.32 Å². The second-order valence-corrected chi connectivity index (χ2v) is 5.52. The average Bonchev–Trinajstić information content (AvgIpc) is 3.01. The second kappa shape index (κ2) is 5.72. The SMILES string of the molecule is CCC1CCCN1C(=O)c1cnc(NC)c2ccccc12. The van der Waals surface area contributed by atoms with Gasteiger partial charge < -0.3 is 10.2 Å². The number of nitrogens with zero attached hydrogens (tertiary/aromatic N) is 2. The van der Waals surface area contributed by atoms with Crippen LogP contribution in [0.15, 0.2) is 30.5 Å². The number of likely N-dealkylation sites (tertiary alicyclic amines) is 1. The van der Waals surface area contributed by atoms with Crippen molar-refractivity contribution >= 4 is 22.5 Å². The Hall–Kier alpha value is -2.10. The molecule has 4 heteroatoms. The van der Waals surface area contributed by atoms with Gasteiger partial charge in [-0.25, -0.2) is 4.98 Å². The van der Waals surface area contributed by atoms with Crippen molar-refractivity contribution in [3.63, 3.8) is 0 Å².